The second kappa shape index (κ2) is 6.70. The smallest absolute Gasteiger partial charge is 0.185 e. The van der Waals surface area contributed by atoms with Crippen LogP contribution >= 0.6 is 11.3 Å². The molecule has 1 aromatic heterocycles. The third-order valence-electron chi connectivity index (χ3n) is 4.11. The molecule has 3 aromatic carbocycles. The highest BCUT2D eigenvalue weighted by molar-refractivity contribution is 7.22. The predicted molar refractivity (Wildman–Crippen MR) is 105 cm³/mol. The molecule has 126 valence electrons. The topological polar surface area (TPSA) is 60.2 Å². The molecule has 0 bridgehead atoms. The molecule has 1 atom stereocenters. The number of nitrogens with zero attached hydrogens (tertiary/aromatic N) is 1. The molecule has 0 radical (unpaired) electrons. The standard InChI is InChI=1S/C20H19N3OS/c1-2-24-14-10-11-17-18(12-14)25-20(22-17)23-19(21)16-9-5-7-13-6-3-4-8-15(13)16/h3-12,19H,2,21H2,1H3,(H,22,23). The molecule has 0 fully saturated rings. The van der Waals surface area contributed by atoms with E-state index in [4.69, 9.17) is 10.5 Å². The van der Waals surface area contributed by atoms with Gasteiger partial charge in [0.2, 0.25) is 0 Å². The van der Waals surface area contributed by atoms with E-state index in [0.29, 0.717) is 6.61 Å². The summed E-state index contributed by atoms with van der Waals surface area (Å²) in [5.41, 5.74) is 8.43. The van der Waals surface area contributed by atoms with Gasteiger partial charge in [-0.1, -0.05) is 53.8 Å². The highest BCUT2D eigenvalue weighted by Gasteiger charge is 2.12. The lowest BCUT2D eigenvalue weighted by Crippen LogP contribution is -2.20. The van der Waals surface area contributed by atoms with Crippen LogP contribution in [0.1, 0.15) is 18.7 Å². The minimum absolute atomic E-state index is 0.321. The van der Waals surface area contributed by atoms with Crippen molar-refractivity contribution in [3.8, 4) is 5.75 Å². The van der Waals surface area contributed by atoms with Gasteiger partial charge in [-0.25, -0.2) is 4.98 Å². The van der Waals surface area contributed by atoms with Crippen LogP contribution in [0.4, 0.5) is 5.13 Å². The van der Waals surface area contributed by atoms with Crippen LogP contribution in [0.25, 0.3) is 21.0 Å². The molecule has 3 N–H and O–H groups in total. The molecule has 0 amide bonds. The summed E-state index contributed by atoms with van der Waals surface area (Å²) < 4.78 is 6.64. The van der Waals surface area contributed by atoms with Crippen molar-refractivity contribution in [2.24, 2.45) is 5.73 Å². The Hall–Kier alpha value is -2.63. The molecule has 0 saturated carbocycles. The summed E-state index contributed by atoms with van der Waals surface area (Å²) >= 11 is 1.58. The Bertz CT molecular complexity index is 1020. The van der Waals surface area contributed by atoms with Crippen LogP contribution in [0.3, 0.4) is 0 Å². The summed E-state index contributed by atoms with van der Waals surface area (Å²) in [6.07, 6.45) is -0.321. The average molecular weight is 349 g/mol. The molecule has 4 nitrogen and oxygen atoms in total. The number of anilines is 1. The van der Waals surface area contributed by atoms with Crippen LogP contribution < -0.4 is 15.8 Å². The minimum Gasteiger partial charge on any atom is -0.494 e. The van der Waals surface area contributed by atoms with Gasteiger partial charge in [0.15, 0.2) is 5.13 Å². The lowest BCUT2D eigenvalue weighted by molar-refractivity contribution is 0.341. The summed E-state index contributed by atoms with van der Waals surface area (Å²) in [5.74, 6) is 0.864. The van der Waals surface area contributed by atoms with E-state index in [-0.39, 0.29) is 6.17 Å². The molecule has 0 aliphatic rings. The van der Waals surface area contributed by atoms with Crippen molar-refractivity contribution < 1.29 is 4.74 Å². The normalized spacial score (nSPS) is 12.4. The first-order chi connectivity index (χ1) is 12.2. The molecule has 4 aromatic rings. The first-order valence-corrected chi connectivity index (χ1v) is 9.09. The number of hydrogen-bond acceptors (Lipinski definition) is 5. The molecular weight excluding hydrogens is 330 g/mol. The van der Waals surface area contributed by atoms with Crippen molar-refractivity contribution in [1.29, 1.82) is 0 Å². The van der Waals surface area contributed by atoms with Gasteiger partial charge in [0, 0.05) is 0 Å². The average Bonchev–Trinajstić information content (AvgIpc) is 3.03. The van der Waals surface area contributed by atoms with Crippen LogP contribution in [-0.4, -0.2) is 11.6 Å². The van der Waals surface area contributed by atoms with E-state index in [9.17, 15) is 0 Å². The molecule has 25 heavy (non-hydrogen) atoms. The highest BCUT2D eigenvalue weighted by Crippen LogP contribution is 2.31. The van der Waals surface area contributed by atoms with Crippen LogP contribution in [-0.2, 0) is 0 Å². The molecular formula is C20H19N3OS. The van der Waals surface area contributed by atoms with E-state index in [0.717, 1.165) is 32.0 Å². The molecule has 4 rings (SSSR count). The van der Waals surface area contributed by atoms with Gasteiger partial charge in [-0.2, -0.15) is 0 Å². The fourth-order valence-corrected chi connectivity index (χ4v) is 3.89. The number of hydrogen-bond donors (Lipinski definition) is 2. The summed E-state index contributed by atoms with van der Waals surface area (Å²) in [6.45, 7) is 2.63. The monoisotopic (exact) mass is 349 g/mol. The van der Waals surface area contributed by atoms with Crippen LogP contribution in [0, 0.1) is 0 Å². The maximum absolute atomic E-state index is 6.42. The van der Waals surface area contributed by atoms with Crippen molar-refractivity contribution in [3.05, 3.63) is 66.2 Å². The van der Waals surface area contributed by atoms with Crippen molar-refractivity contribution in [3.63, 3.8) is 0 Å². The Labute approximate surface area is 150 Å². The fourth-order valence-electron chi connectivity index (χ4n) is 2.96. The first-order valence-electron chi connectivity index (χ1n) is 8.28. The summed E-state index contributed by atoms with van der Waals surface area (Å²) in [7, 11) is 0. The molecule has 5 heteroatoms. The fraction of sp³-hybridized carbons (Fsp3) is 0.150. The second-order valence-corrected chi connectivity index (χ2v) is 6.80. The maximum Gasteiger partial charge on any atom is 0.185 e. The number of nitrogens with two attached hydrogens (primary N) is 1. The number of ether oxygens (including phenoxy) is 1. The van der Waals surface area contributed by atoms with Crippen molar-refractivity contribution in [2.45, 2.75) is 13.1 Å². The molecule has 0 aliphatic carbocycles. The lowest BCUT2D eigenvalue weighted by Gasteiger charge is -2.15. The SMILES string of the molecule is CCOc1ccc2nc(NC(N)c3cccc4ccccc34)sc2c1. The zero-order valence-electron chi connectivity index (χ0n) is 13.9. The summed E-state index contributed by atoms with van der Waals surface area (Å²) in [5, 5.41) is 6.49. The van der Waals surface area contributed by atoms with E-state index < -0.39 is 0 Å². The van der Waals surface area contributed by atoms with E-state index in [2.05, 4.69) is 34.6 Å². The molecule has 0 spiro atoms. The molecule has 0 saturated heterocycles. The number of fused-ring (bicyclic) bond motifs is 2. The van der Waals surface area contributed by atoms with Gasteiger partial charge in [0.1, 0.15) is 11.9 Å². The maximum atomic E-state index is 6.42. The first kappa shape index (κ1) is 15.9. The van der Waals surface area contributed by atoms with Crippen LogP contribution in [0.2, 0.25) is 0 Å². The van der Waals surface area contributed by atoms with Gasteiger partial charge in [-0.05, 0) is 41.5 Å². The zero-order valence-corrected chi connectivity index (χ0v) is 14.7. The van der Waals surface area contributed by atoms with Gasteiger partial charge in [-0.3, -0.25) is 0 Å². The Morgan fingerprint density at radius 3 is 2.84 bits per heavy atom. The minimum atomic E-state index is -0.321. The number of benzene rings is 3. The number of rotatable bonds is 5. The van der Waals surface area contributed by atoms with E-state index in [1.807, 2.05) is 43.3 Å². The number of thiazole rings is 1. The Morgan fingerprint density at radius 1 is 1.12 bits per heavy atom. The summed E-state index contributed by atoms with van der Waals surface area (Å²) in [4.78, 5) is 4.63. The molecule has 1 heterocycles. The zero-order chi connectivity index (χ0) is 17.2. The van der Waals surface area contributed by atoms with Crippen LogP contribution in [0.5, 0.6) is 5.75 Å². The van der Waals surface area contributed by atoms with E-state index >= 15 is 0 Å². The van der Waals surface area contributed by atoms with Gasteiger partial charge in [0.25, 0.3) is 0 Å². The van der Waals surface area contributed by atoms with Crippen molar-refractivity contribution in [1.82, 2.24) is 4.98 Å². The lowest BCUT2D eigenvalue weighted by atomic mass is 10.0. The van der Waals surface area contributed by atoms with Gasteiger partial charge >= 0.3 is 0 Å². The third-order valence-corrected chi connectivity index (χ3v) is 5.06. The van der Waals surface area contributed by atoms with Crippen molar-refractivity contribution >= 4 is 37.5 Å². The number of nitrogens with one attached hydrogen (secondary N) is 1. The second-order valence-electron chi connectivity index (χ2n) is 5.77. The largest absolute Gasteiger partial charge is 0.494 e. The Morgan fingerprint density at radius 2 is 1.96 bits per heavy atom. The van der Waals surface area contributed by atoms with Crippen LogP contribution in [0.15, 0.2) is 60.7 Å². The van der Waals surface area contributed by atoms with E-state index in [1.165, 1.54) is 5.39 Å². The highest BCUT2D eigenvalue weighted by atomic mass is 32.1. The van der Waals surface area contributed by atoms with Gasteiger partial charge < -0.3 is 15.8 Å². The number of aromatic nitrogens is 1. The van der Waals surface area contributed by atoms with Gasteiger partial charge in [-0.15, -0.1) is 0 Å². The van der Waals surface area contributed by atoms with E-state index in [1.54, 1.807) is 11.3 Å². The van der Waals surface area contributed by atoms with Gasteiger partial charge in [0.05, 0.1) is 16.8 Å². The third kappa shape index (κ3) is 3.16. The quantitative estimate of drug-likeness (QED) is 0.502. The van der Waals surface area contributed by atoms with Crippen molar-refractivity contribution in [2.75, 3.05) is 11.9 Å². The molecule has 1 unspecified atom stereocenters. The Balaban J connectivity index is 1.63. The Kier molecular flexibility index (Phi) is 4.26. The molecule has 0 aliphatic heterocycles. The predicted octanol–water partition coefficient (Wildman–Crippen LogP) is 4.92. The summed E-state index contributed by atoms with van der Waals surface area (Å²) in [6, 6.07) is 20.4.